The summed E-state index contributed by atoms with van der Waals surface area (Å²) in [6, 6.07) is 3.36. The molecule has 0 aliphatic rings. The van der Waals surface area contributed by atoms with E-state index in [2.05, 4.69) is 0 Å². The summed E-state index contributed by atoms with van der Waals surface area (Å²) in [6.45, 7) is 3.58. The lowest BCUT2D eigenvalue weighted by molar-refractivity contribution is -0.131. The van der Waals surface area contributed by atoms with Crippen molar-refractivity contribution in [1.29, 1.82) is 0 Å². The maximum Gasteiger partial charge on any atom is 0.328 e. The minimum Gasteiger partial charge on any atom is -0.478 e. The van der Waals surface area contributed by atoms with Crippen molar-refractivity contribution >= 4 is 11.5 Å². The molecule has 0 bridgehead atoms. The van der Waals surface area contributed by atoms with Crippen LogP contribution >= 0.6 is 0 Å². The molecule has 0 fully saturated rings. The summed E-state index contributed by atoms with van der Waals surface area (Å²) in [6.07, 6.45) is 1.01. The van der Waals surface area contributed by atoms with Crippen LogP contribution < -0.4 is 0 Å². The Morgan fingerprint density at radius 1 is 1.31 bits per heavy atom. The van der Waals surface area contributed by atoms with Crippen LogP contribution in [0.5, 0.6) is 0 Å². The Hall–Kier alpha value is -1.71. The van der Waals surface area contributed by atoms with E-state index in [1.54, 1.807) is 13.8 Å². The van der Waals surface area contributed by atoms with E-state index in [4.69, 9.17) is 5.11 Å². The largest absolute Gasteiger partial charge is 0.478 e. The van der Waals surface area contributed by atoms with E-state index in [0.717, 1.165) is 18.2 Å². The molecule has 4 heteroatoms. The van der Waals surface area contributed by atoms with Crippen molar-refractivity contribution < 1.29 is 18.7 Å². The fourth-order valence-electron chi connectivity index (χ4n) is 1.39. The third-order valence-corrected chi connectivity index (χ3v) is 2.15. The van der Waals surface area contributed by atoms with Gasteiger partial charge >= 0.3 is 5.97 Å². The molecular weight excluding hydrogens is 214 g/mol. The molecule has 16 heavy (non-hydrogen) atoms. The molecule has 0 saturated heterocycles. The predicted molar refractivity (Wildman–Crippen MR) is 56.8 cm³/mol. The van der Waals surface area contributed by atoms with E-state index in [1.165, 1.54) is 6.07 Å². The van der Waals surface area contributed by atoms with Gasteiger partial charge in [0.25, 0.3) is 0 Å². The minimum atomic E-state index is -1.10. The molecular formula is C12H12F2O2. The van der Waals surface area contributed by atoms with Crippen LogP contribution in [0.1, 0.15) is 19.4 Å². The van der Waals surface area contributed by atoms with Gasteiger partial charge in [0.2, 0.25) is 0 Å². The number of carbonyl (C=O) groups is 1. The van der Waals surface area contributed by atoms with Gasteiger partial charge in [0.1, 0.15) is 0 Å². The number of aliphatic carboxylic acids is 1. The van der Waals surface area contributed by atoms with Crippen LogP contribution in [0.15, 0.2) is 24.3 Å². The van der Waals surface area contributed by atoms with Gasteiger partial charge in [-0.1, -0.05) is 19.9 Å². The highest BCUT2D eigenvalue weighted by Gasteiger charge is 2.11. The van der Waals surface area contributed by atoms with Crippen molar-refractivity contribution in [2.24, 2.45) is 5.92 Å². The molecule has 1 rings (SSSR count). The highest BCUT2D eigenvalue weighted by atomic mass is 19.2. The van der Waals surface area contributed by atoms with Crippen molar-refractivity contribution in [3.63, 3.8) is 0 Å². The molecule has 0 atom stereocenters. The van der Waals surface area contributed by atoms with Crippen LogP contribution in [-0.4, -0.2) is 11.1 Å². The Labute approximate surface area is 92.2 Å². The fraction of sp³-hybridized carbons (Fsp3) is 0.250. The molecule has 86 valence electrons. The van der Waals surface area contributed by atoms with Gasteiger partial charge in [0.05, 0.1) is 0 Å². The zero-order chi connectivity index (χ0) is 12.3. The molecule has 0 aromatic heterocycles. The zero-order valence-corrected chi connectivity index (χ0v) is 9.00. The molecule has 0 unspecified atom stereocenters. The number of carboxylic acids is 1. The van der Waals surface area contributed by atoms with Crippen molar-refractivity contribution in [2.45, 2.75) is 13.8 Å². The molecule has 0 amide bonds. The number of rotatable bonds is 3. The average molecular weight is 226 g/mol. The summed E-state index contributed by atoms with van der Waals surface area (Å²) < 4.78 is 25.7. The Morgan fingerprint density at radius 3 is 2.38 bits per heavy atom. The first-order valence-corrected chi connectivity index (χ1v) is 4.81. The van der Waals surface area contributed by atoms with Gasteiger partial charge in [-0.15, -0.1) is 0 Å². The predicted octanol–water partition coefficient (Wildman–Crippen LogP) is 3.09. The van der Waals surface area contributed by atoms with E-state index in [1.807, 2.05) is 0 Å². The van der Waals surface area contributed by atoms with Crippen LogP contribution in [0, 0.1) is 17.6 Å². The van der Waals surface area contributed by atoms with Gasteiger partial charge in [-0.05, 0) is 29.2 Å². The highest BCUT2D eigenvalue weighted by Crippen LogP contribution is 2.24. The second kappa shape index (κ2) is 4.88. The van der Waals surface area contributed by atoms with E-state index in [-0.39, 0.29) is 5.92 Å². The Balaban J connectivity index is 3.22. The topological polar surface area (TPSA) is 37.3 Å². The Morgan fingerprint density at radius 2 is 1.94 bits per heavy atom. The zero-order valence-electron chi connectivity index (χ0n) is 9.00. The second-order valence-corrected chi connectivity index (χ2v) is 3.72. The normalized spacial score (nSPS) is 11.9. The van der Waals surface area contributed by atoms with Crippen LogP contribution in [0.25, 0.3) is 5.57 Å². The van der Waals surface area contributed by atoms with Crippen molar-refractivity contribution in [3.05, 3.63) is 41.5 Å². The van der Waals surface area contributed by atoms with Gasteiger partial charge in [0.15, 0.2) is 11.6 Å². The standard InChI is InChI=1S/C12H12F2O2/c1-7(2)9(6-12(15)16)8-3-4-10(13)11(14)5-8/h3-7H,1-2H3,(H,15,16)/b9-6+. The number of hydrogen-bond acceptors (Lipinski definition) is 1. The molecule has 0 aliphatic carbocycles. The lowest BCUT2D eigenvalue weighted by Gasteiger charge is -2.11. The SMILES string of the molecule is CC(C)/C(=C\C(=O)O)c1ccc(F)c(F)c1. The van der Waals surface area contributed by atoms with Crippen LogP contribution in [0.3, 0.4) is 0 Å². The average Bonchev–Trinajstić information content (AvgIpc) is 2.18. The summed E-state index contributed by atoms with van der Waals surface area (Å²) in [4.78, 5) is 10.6. The van der Waals surface area contributed by atoms with Gasteiger partial charge < -0.3 is 5.11 Å². The van der Waals surface area contributed by atoms with Crippen molar-refractivity contribution in [3.8, 4) is 0 Å². The number of carboxylic acid groups (broad SMARTS) is 1. The lowest BCUT2D eigenvalue weighted by Crippen LogP contribution is -2.00. The van der Waals surface area contributed by atoms with E-state index in [0.29, 0.717) is 11.1 Å². The number of hydrogen-bond donors (Lipinski definition) is 1. The summed E-state index contributed by atoms with van der Waals surface area (Å²) in [7, 11) is 0. The quantitative estimate of drug-likeness (QED) is 0.804. The second-order valence-electron chi connectivity index (χ2n) is 3.72. The molecule has 0 radical (unpaired) electrons. The number of benzene rings is 1. The fourth-order valence-corrected chi connectivity index (χ4v) is 1.39. The van der Waals surface area contributed by atoms with Gasteiger partial charge in [-0.25, -0.2) is 13.6 Å². The highest BCUT2D eigenvalue weighted by molar-refractivity contribution is 5.90. The third-order valence-electron chi connectivity index (χ3n) is 2.15. The molecule has 0 saturated carbocycles. The van der Waals surface area contributed by atoms with Crippen molar-refractivity contribution in [2.75, 3.05) is 0 Å². The summed E-state index contributed by atoms with van der Waals surface area (Å²) in [5, 5.41) is 8.67. The summed E-state index contributed by atoms with van der Waals surface area (Å²) in [5.41, 5.74) is 0.850. The first-order chi connectivity index (χ1) is 7.41. The monoisotopic (exact) mass is 226 g/mol. The van der Waals surface area contributed by atoms with Crippen LogP contribution in [0.4, 0.5) is 8.78 Å². The van der Waals surface area contributed by atoms with Gasteiger partial charge in [0, 0.05) is 6.08 Å². The molecule has 0 spiro atoms. The smallest absolute Gasteiger partial charge is 0.328 e. The number of halogens is 2. The molecule has 1 N–H and O–H groups in total. The van der Waals surface area contributed by atoms with E-state index >= 15 is 0 Å². The summed E-state index contributed by atoms with van der Waals surface area (Å²) >= 11 is 0. The summed E-state index contributed by atoms with van der Waals surface area (Å²) in [5.74, 6) is -3.11. The minimum absolute atomic E-state index is 0.0824. The van der Waals surface area contributed by atoms with Crippen LogP contribution in [0.2, 0.25) is 0 Å². The molecule has 1 aromatic rings. The first-order valence-electron chi connectivity index (χ1n) is 4.81. The van der Waals surface area contributed by atoms with E-state index < -0.39 is 17.6 Å². The lowest BCUT2D eigenvalue weighted by atomic mass is 9.95. The molecule has 2 nitrogen and oxygen atoms in total. The van der Waals surface area contributed by atoms with E-state index in [9.17, 15) is 13.6 Å². The molecule has 0 heterocycles. The molecule has 0 aliphatic heterocycles. The van der Waals surface area contributed by atoms with Crippen molar-refractivity contribution in [1.82, 2.24) is 0 Å². The molecule has 1 aromatic carbocycles. The first kappa shape index (κ1) is 12.4. The van der Waals surface area contributed by atoms with Gasteiger partial charge in [-0.2, -0.15) is 0 Å². The Bertz CT molecular complexity index is 437. The maximum atomic E-state index is 13.0. The number of allylic oxidation sites excluding steroid dienone is 1. The third kappa shape index (κ3) is 2.89. The van der Waals surface area contributed by atoms with Crippen LogP contribution in [-0.2, 0) is 4.79 Å². The van der Waals surface area contributed by atoms with Gasteiger partial charge in [-0.3, -0.25) is 0 Å². The maximum absolute atomic E-state index is 13.0. The Kier molecular flexibility index (Phi) is 3.77.